The third-order valence-corrected chi connectivity index (χ3v) is 4.41. The number of H-pyrrole nitrogens is 2. The van der Waals surface area contributed by atoms with Crippen LogP contribution in [0, 0.1) is 4.77 Å². The Morgan fingerprint density at radius 1 is 1.00 bits per heavy atom. The summed E-state index contributed by atoms with van der Waals surface area (Å²) < 4.78 is 1.85. The van der Waals surface area contributed by atoms with Crippen LogP contribution in [0.4, 0.5) is 0 Å². The van der Waals surface area contributed by atoms with Gasteiger partial charge in [-0.2, -0.15) is 20.0 Å². The zero-order valence-electron chi connectivity index (χ0n) is 14.6. The summed E-state index contributed by atoms with van der Waals surface area (Å²) >= 11 is 11.6. The maximum atomic E-state index is 6.28. The highest BCUT2D eigenvalue weighted by molar-refractivity contribution is 7.71. The third kappa shape index (κ3) is 4.00. The molecule has 0 unspecified atom stereocenters. The molecule has 138 valence electrons. The lowest BCUT2D eigenvalue weighted by atomic mass is 10.1. The first kappa shape index (κ1) is 18.1. The van der Waals surface area contributed by atoms with E-state index < -0.39 is 0 Å². The maximum absolute atomic E-state index is 6.28. The molecule has 0 fully saturated rings. The van der Waals surface area contributed by atoms with Gasteiger partial charge in [0, 0.05) is 5.56 Å². The van der Waals surface area contributed by atoms with Crippen molar-refractivity contribution in [2.45, 2.75) is 0 Å². The second kappa shape index (κ2) is 8.16. The standard InChI is InChI=1S/C20H15ClN6S/c21-16(11-14-7-3-1-4-8-14)13-22-27-19(25-26-20(27)28)18-12-17(23-24-18)15-9-5-2-6-10-15/h1-13H,(H,23,24)(H,26,28). The van der Waals surface area contributed by atoms with Crippen LogP contribution in [-0.4, -0.2) is 31.3 Å². The fourth-order valence-corrected chi connectivity index (χ4v) is 2.97. The molecule has 0 atom stereocenters. The first-order chi connectivity index (χ1) is 13.7. The molecule has 2 heterocycles. The summed E-state index contributed by atoms with van der Waals surface area (Å²) in [7, 11) is 0. The van der Waals surface area contributed by atoms with Crippen molar-refractivity contribution < 1.29 is 0 Å². The molecule has 0 saturated heterocycles. The van der Waals surface area contributed by atoms with Gasteiger partial charge in [0.05, 0.1) is 16.9 Å². The van der Waals surface area contributed by atoms with Crippen LogP contribution in [0.1, 0.15) is 5.56 Å². The van der Waals surface area contributed by atoms with Crippen molar-refractivity contribution in [3.05, 3.63) is 82.1 Å². The lowest BCUT2D eigenvalue weighted by molar-refractivity contribution is 0.866. The van der Waals surface area contributed by atoms with Crippen molar-refractivity contribution >= 4 is 36.1 Å². The number of halogens is 1. The normalized spacial score (nSPS) is 12.0. The number of benzene rings is 2. The van der Waals surface area contributed by atoms with E-state index in [1.54, 1.807) is 0 Å². The van der Waals surface area contributed by atoms with E-state index in [2.05, 4.69) is 25.5 Å². The summed E-state index contributed by atoms with van der Waals surface area (Å²) in [6.45, 7) is 0. The van der Waals surface area contributed by atoms with Crippen LogP contribution in [0.5, 0.6) is 0 Å². The Kier molecular flexibility index (Phi) is 5.27. The molecule has 4 aromatic rings. The Labute approximate surface area is 171 Å². The number of nitrogens with one attached hydrogen (secondary N) is 2. The van der Waals surface area contributed by atoms with E-state index >= 15 is 0 Å². The van der Waals surface area contributed by atoms with Gasteiger partial charge in [0.1, 0.15) is 5.69 Å². The van der Waals surface area contributed by atoms with Gasteiger partial charge in [-0.25, -0.2) is 5.10 Å². The molecule has 2 aromatic carbocycles. The zero-order valence-corrected chi connectivity index (χ0v) is 16.2. The van der Waals surface area contributed by atoms with Crippen LogP contribution in [0.2, 0.25) is 0 Å². The van der Waals surface area contributed by atoms with Crippen LogP contribution >= 0.6 is 23.8 Å². The van der Waals surface area contributed by atoms with E-state index in [4.69, 9.17) is 23.8 Å². The Balaban J connectivity index is 1.63. The number of aromatic nitrogens is 5. The molecular formula is C20H15ClN6S. The summed E-state index contributed by atoms with van der Waals surface area (Å²) in [4.78, 5) is 0. The van der Waals surface area contributed by atoms with E-state index in [1.165, 1.54) is 10.9 Å². The SMILES string of the molecule is S=c1[nH]nc(-c2cc(-c3ccccc3)n[nH]2)n1N=CC(Cl)=Cc1ccccc1. The van der Waals surface area contributed by atoms with Crippen molar-refractivity contribution in [2.75, 3.05) is 0 Å². The van der Waals surface area contributed by atoms with Gasteiger partial charge in [0.2, 0.25) is 10.6 Å². The van der Waals surface area contributed by atoms with Crippen LogP contribution in [0.25, 0.3) is 28.9 Å². The van der Waals surface area contributed by atoms with E-state index in [9.17, 15) is 0 Å². The molecule has 0 amide bonds. The minimum atomic E-state index is 0.353. The van der Waals surface area contributed by atoms with Gasteiger partial charge in [0.25, 0.3) is 0 Å². The van der Waals surface area contributed by atoms with Gasteiger partial charge in [-0.15, -0.1) is 0 Å². The number of rotatable bonds is 5. The van der Waals surface area contributed by atoms with Crippen molar-refractivity contribution in [1.82, 2.24) is 25.1 Å². The number of aromatic amines is 2. The molecule has 0 radical (unpaired) electrons. The van der Waals surface area contributed by atoms with Crippen molar-refractivity contribution in [3.63, 3.8) is 0 Å². The highest BCUT2D eigenvalue weighted by Gasteiger charge is 2.12. The second-order valence-electron chi connectivity index (χ2n) is 5.88. The Morgan fingerprint density at radius 2 is 1.71 bits per heavy atom. The highest BCUT2D eigenvalue weighted by Crippen LogP contribution is 2.22. The predicted octanol–water partition coefficient (Wildman–Crippen LogP) is 5.11. The first-order valence-electron chi connectivity index (χ1n) is 8.46. The van der Waals surface area contributed by atoms with Crippen molar-refractivity contribution in [2.24, 2.45) is 5.10 Å². The van der Waals surface area contributed by atoms with Gasteiger partial charge in [-0.3, -0.25) is 5.10 Å². The van der Waals surface area contributed by atoms with Crippen molar-refractivity contribution in [3.8, 4) is 22.8 Å². The minimum absolute atomic E-state index is 0.353. The molecule has 8 heteroatoms. The summed E-state index contributed by atoms with van der Waals surface area (Å²) in [5.74, 6) is 0.514. The number of hydrogen-bond acceptors (Lipinski definition) is 4. The van der Waals surface area contributed by atoms with Gasteiger partial charge < -0.3 is 0 Å². The van der Waals surface area contributed by atoms with Gasteiger partial charge in [0.15, 0.2) is 0 Å². The lowest BCUT2D eigenvalue weighted by Crippen LogP contribution is -1.94. The monoisotopic (exact) mass is 406 g/mol. The largest absolute Gasteiger partial charge is 0.274 e. The molecule has 4 rings (SSSR count). The van der Waals surface area contributed by atoms with Crippen LogP contribution in [-0.2, 0) is 0 Å². The summed E-state index contributed by atoms with van der Waals surface area (Å²) in [5, 5.41) is 19.2. The molecule has 0 aliphatic heterocycles. The fourth-order valence-electron chi connectivity index (χ4n) is 2.62. The zero-order chi connectivity index (χ0) is 19.3. The van der Waals surface area contributed by atoms with Crippen LogP contribution < -0.4 is 0 Å². The summed E-state index contributed by atoms with van der Waals surface area (Å²) in [6.07, 6.45) is 3.34. The molecule has 2 aromatic heterocycles. The fraction of sp³-hybridized carbons (Fsp3) is 0. The van der Waals surface area contributed by atoms with E-state index in [0.29, 0.717) is 21.3 Å². The topological polar surface area (TPSA) is 74.7 Å². The quantitative estimate of drug-likeness (QED) is 0.357. The molecule has 6 nitrogen and oxygen atoms in total. The Bertz CT molecular complexity index is 1190. The molecule has 0 aliphatic rings. The average molecular weight is 407 g/mol. The summed E-state index contributed by atoms with van der Waals surface area (Å²) in [5.41, 5.74) is 3.48. The smallest absolute Gasteiger partial charge is 0.216 e. The Hall–Kier alpha value is -3.29. The van der Waals surface area contributed by atoms with Crippen molar-refractivity contribution in [1.29, 1.82) is 0 Å². The maximum Gasteiger partial charge on any atom is 0.216 e. The number of allylic oxidation sites excluding steroid dienone is 1. The number of nitrogens with zero attached hydrogens (tertiary/aromatic N) is 4. The lowest BCUT2D eigenvalue weighted by Gasteiger charge is -1.97. The predicted molar refractivity (Wildman–Crippen MR) is 115 cm³/mol. The highest BCUT2D eigenvalue weighted by atomic mass is 35.5. The second-order valence-corrected chi connectivity index (χ2v) is 6.70. The molecular weight excluding hydrogens is 392 g/mol. The minimum Gasteiger partial charge on any atom is -0.274 e. The van der Waals surface area contributed by atoms with Crippen LogP contribution in [0.3, 0.4) is 0 Å². The molecule has 0 saturated carbocycles. The molecule has 2 N–H and O–H groups in total. The molecule has 0 aliphatic carbocycles. The van der Waals surface area contributed by atoms with E-state index in [1.807, 2.05) is 72.8 Å². The average Bonchev–Trinajstić information content (AvgIpc) is 3.35. The third-order valence-electron chi connectivity index (χ3n) is 3.94. The molecule has 0 spiro atoms. The molecule has 0 bridgehead atoms. The van der Waals surface area contributed by atoms with Gasteiger partial charge in [-0.05, 0) is 29.9 Å². The summed E-state index contributed by atoms with van der Waals surface area (Å²) in [6, 6.07) is 21.5. The van der Waals surface area contributed by atoms with E-state index in [0.717, 1.165) is 16.8 Å². The molecule has 28 heavy (non-hydrogen) atoms. The van der Waals surface area contributed by atoms with E-state index in [-0.39, 0.29) is 0 Å². The van der Waals surface area contributed by atoms with Gasteiger partial charge >= 0.3 is 0 Å². The Morgan fingerprint density at radius 3 is 2.46 bits per heavy atom. The first-order valence-corrected chi connectivity index (χ1v) is 9.24. The number of hydrogen-bond donors (Lipinski definition) is 2. The van der Waals surface area contributed by atoms with Crippen LogP contribution in [0.15, 0.2) is 76.9 Å². The van der Waals surface area contributed by atoms with Gasteiger partial charge in [-0.1, -0.05) is 72.3 Å².